The number of carbonyl (C=O) groups is 2. The third kappa shape index (κ3) is 10.1. The van der Waals surface area contributed by atoms with E-state index in [0.29, 0.717) is 30.7 Å². The third-order valence-electron chi connectivity index (χ3n) is 5.63. The molecule has 2 atom stereocenters. The van der Waals surface area contributed by atoms with Crippen LogP contribution in [0.15, 0.2) is 24.3 Å². The Morgan fingerprint density at radius 2 is 1.47 bits per heavy atom. The molecule has 2 amide bonds. The predicted molar refractivity (Wildman–Crippen MR) is 122 cm³/mol. The summed E-state index contributed by atoms with van der Waals surface area (Å²) in [5, 5.41) is 5.89. The number of hydrogen-bond acceptors (Lipinski definition) is 3. The molecule has 5 nitrogen and oxygen atoms in total. The summed E-state index contributed by atoms with van der Waals surface area (Å²) in [6.45, 7) is 9.73. The van der Waals surface area contributed by atoms with Crippen LogP contribution in [0.4, 0.5) is 0 Å². The molecule has 0 saturated carbocycles. The van der Waals surface area contributed by atoms with Crippen molar-refractivity contribution in [3.63, 3.8) is 0 Å². The van der Waals surface area contributed by atoms with Crippen molar-refractivity contribution in [2.75, 3.05) is 13.1 Å². The molecule has 0 aliphatic carbocycles. The summed E-state index contributed by atoms with van der Waals surface area (Å²) in [5.74, 6) is 0.534. The standard InChI is InChI=1S/C25H41N2O3/c1-5-9-14-20(7-3)18-26-24(28)23(30-22-16-12-11-13-17-22)25(29)27-19-21(8-4)15-10-6-2/h11-12,16-17,20-21,23H,5-10,14-15,18-19H2,1-4H3,(H,26,28)(H,27,29). The zero-order chi connectivity index (χ0) is 22.2. The van der Waals surface area contributed by atoms with E-state index in [0.717, 1.165) is 51.4 Å². The van der Waals surface area contributed by atoms with E-state index < -0.39 is 6.10 Å². The molecule has 0 bridgehead atoms. The highest BCUT2D eigenvalue weighted by atomic mass is 16.5. The lowest BCUT2D eigenvalue weighted by atomic mass is 9.99. The number of hydrogen-bond donors (Lipinski definition) is 2. The van der Waals surface area contributed by atoms with Gasteiger partial charge in [-0.2, -0.15) is 0 Å². The van der Waals surface area contributed by atoms with E-state index in [-0.39, 0.29) is 11.8 Å². The highest BCUT2D eigenvalue weighted by molar-refractivity contribution is 6.03. The molecular formula is C25H41N2O3. The topological polar surface area (TPSA) is 67.4 Å². The van der Waals surface area contributed by atoms with Crippen molar-refractivity contribution >= 4 is 11.8 Å². The Labute approximate surface area is 183 Å². The Bertz CT molecular complexity index is 559. The molecule has 169 valence electrons. The van der Waals surface area contributed by atoms with Gasteiger partial charge in [0, 0.05) is 13.1 Å². The highest BCUT2D eigenvalue weighted by Crippen LogP contribution is 2.14. The fraction of sp³-hybridized carbons (Fsp3) is 0.680. The quantitative estimate of drug-likeness (QED) is 0.376. The van der Waals surface area contributed by atoms with E-state index in [1.807, 2.05) is 0 Å². The van der Waals surface area contributed by atoms with Crippen LogP contribution in [-0.4, -0.2) is 31.0 Å². The number of benzene rings is 1. The van der Waals surface area contributed by atoms with E-state index >= 15 is 0 Å². The normalized spacial score (nSPS) is 13.9. The van der Waals surface area contributed by atoms with Gasteiger partial charge in [0.2, 0.25) is 0 Å². The van der Waals surface area contributed by atoms with Crippen molar-refractivity contribution in [2.45, 2.75) is 85.2 Å². The molecule has 5 heteroatoms. The van der Waals surface area contributed by atoms with Crippen LogP contribution in [0, 0.1) is 17.9 Å². The molecule has 0 fully saturated rings. The summed E-state index contributed by atoms with van der Waals surface area (Å²) in [5.41, 5.74) is 0. The molecule has 2 N–H and O–H groups in total. The van der Waals surface area contributed by atoms with Crippen molar-refractivity contribution in [2.24, 2.45) is 11.8 Å². The first kappa shape index (κ1) is 26.0. The van der Waals surface area contributed by atoms with E-state index in [2.05, 4.69) is 44.4 Å². The third-order valence-corrected chi connectivity index (χ3v) is 5.63. The Morgan fingerprint density at radius 3 is 1.87 bits per heavy atom. The maximum absolute atomic E-state index is 12.9. The first-order valence-electron chi connectivity index (χ1n) is 11.7. The van der Waals surface area contributed by atoms with E-state index in [4.69, 9.17) is 4.74 Å². The summed E-state index contributed by atoms with van der Waals surface area (Å²) >= 11 is 0. The fourth-order valence-corrected chi connectivity index (χ4v) is 3.37. The first-order valence-corrected chi connectivity index (χ1v) is 11.7. The number of carbonyl (C=O) groups excluding carboxylic acids is 2. The predicted octanol–water partition coefficient (Wildman–Crippen LogP) is 4.90. The minimum absolute atomic E-state index is 0.382. The molecule has 1 rings (SSSR count). The van der Waals surface area contributed by atoms with Gasteiger partial charge in [-0.25, -0.2) is 0 Å². The van der Waals surface area contributed by atoms with E-state index in [1.165, 1.54) is 0 Å². The number of nitrogens with one attached hydrogen (secondary N) is 2. The summed E-state index contributed by atoms with van der Waals surface area (Å²) < 4.78 is 5.78. The molecule has 0 aromatic heterocycles. The van der Waals surface area contributed by atoms with Crippen LogP contribution in [0.1, 0.15) is 79.1 Å². The second-order valence-corrected chi connectivity index (χ2v) is 8.06. The van der Waals surface area contributed by atoms with E-state index in [1.54, 1.807) is 24.3 Å². The van der Waals surface area contributed by atoms with Crippen molar-refractivity contribution in [1.29, 1.82) is 0 Å². The van der Waals surface area contributed by atoms with Gasteiger partial charge in [-0.3, -0.25) is 9.59 Å². The van der Waals surface area contributed by atoms with Gasteiger partial charge in [0.15, 0.2) is 0 Å². The SMILES string of the molecule is CCCCC(CC)CNC(=O)C(Oc1c[c]ccc1)C(=O)NCC(CC)CCCC. The molecule has 1 aromatic rings. The maximum atomic E-state index is 12.9. The molecule has 0 aliphatic heterocycles. The smallest absolute Gasteiger partial charge is 0.271 e. The Balaban J connectivity index is 2.75. The summed E-state index contributed by atoms with van der Waals surface area (Å²) in [7, 11) is 0. The Hall–Kier alpha value is -2.04. The Morgan fingerprint density at radius 1 is 0.933 bits per heavy atom. The second kappa shape index (κ2) is 15.8. The molecule has 1 aromatic carbocycles. The van der Waals surface area contributed by atoms with Crippen LogP contribution in [0.2, 0.25) is 0 Å². The van der Waals surface area contributed by atoms with Crippen LogP contribution in [0.25, 0.3) is 0 Å². The Kier molecular flexibility index (Phi) is 13.7. The van der Waals surface area contributed by atoms with Gasteiger partial charge in [-0.1, -0.05) is 78.4 Å². The highest BCUT2D eigenvalue weighted by Gasteiger charge is 2.29. The average Bonchev–Trinajstić information content (AvgIpc) is 2.78. The van der Waals surface area contributed by atoms with Crippen LogP contribution >= 0.6 is 0 Å². The van der Waals surface area contributed by atoms with Gasteiger partial charge in [0.05, 0.1) is 0 Å². The second-order valence-electron chi connectivity index (χ2n) is 8.06. The van der Waals surface area contributed by atoms with Gasteiger partial charge < -0.3 is 15.4 Å². The van der Waals surface area contributed by atoms with E-state index in [9.17, 15) is 9.59 Å². The summed E-state index contributed by atoms with van der Waals surface area (Å²) in [4.78, 5) is 25.7. The number of unbranched alkanes of at least 4 members (excludes halogenated alkanes) is 2. The molecule has 0 saturated heterocycles. The molecule has 2 unspecified atom stereocenters. The molecule has 1 radical (unpaired) electrons. The molecule has 0 spiro atoms. The van der Waals surface area contributed by atoms with Crippen molar-refractivity contribution in [1.82, 2.24) is 10.6 Å². The number of ether oxygens (including phenoxy) is 1. The summed E-state index contributed by atoms with van der Waals surface area (Å²) in [6.07, 6.45) is 7.52. The van der Waals surface area contributed by atoms with Crippen molar-refractivity contribution in [3.8, 4) is 5.75 Å². The van der Waals surface area contributed by atoms with Crippen LogP contribution < -0.4 is 15.4 Å². The lowest BCUT2D eigenvalue weighted by Gasteiger charge is -2.22. The minimum atomic E-state index is -1.20. The molecule has 0 heterocycles. The van der Waals surface area contributed by atoms with Crippen LogP contribution in [0.5, 0.6) is 5.75 Å². The lowest BCUT2D eigenvalue weighted by molar-refractivity contribution is -0.139. The zero-order valence-corrected chi connectivity index (χ0v) is 19.3. The largest absolute Gasteiger partial charge is 0.471 e. The molecule has 0 aliphatic rings. The monoisotopic (exact) mass is 417 g/mol. The van der Waals surface area contributed by atoms with Gasteiger partial charge >= 0.3 is 0 Å². The van der Waals surface area contributed by atoms with Crippen LogP contribution in [-0.2, 0) is 9.59 Å². The summed E-state index contributed by atoms with van der Waals surface area (Å²) in [6, 6.07) is 9.82. The maximum Gasteiger partial charge on any atom is 0.271 e. The van der Waals surface area contributed by atoms with Gasteiger partial charge in [-0.15, -0.1) is 0 Å². The zero-order valence-electron chi connectivity index (χ0n) is 19.3. The lowest BCUT2D eigenvalue weighted by Crippen LogP contribution is -2.50. The number of rotatable bonds is 16. The first-order chi connectivity index (χ1) is 14.5. The van der Waals surface area contributed by atoms with Crippen molar-refractivity contribution in [3.05, 3.63) is 30.3 Å². The van der Waals surface area contributed by atoms with Crippen molar-refractivity contribution < 1.29 is 14.3 Å². The minimum Gasteiger partial charge on any atom is -0.471 e. The van der Waals surface area contributed by atoms with Gasteiger partial charge in [-0.05, 0) is 42.9 Å². The van der Waals surface area contributed by atoms with Crippen LogP contribution in [0.3, 0.4) is 0 Å². The average molecular weight is 418 g/mol. The number of amides is 2. The van der Waals surface area contributed by atoms with Gasteiger partial charge in [0.1, 0.15) is 5.75 Å². The fourth-order valence-electron chi connectivity index (χ4n) is 3.37. The molecule has 30 heavy (non-hydrogen) atoms. The van der Waals surface area contributed by atoms with Gasteiger partial charge in [0.25, 0.3) is 17.9 Å². The molecular weight excluding hydrogens is 376 g/mol.